The summed E-state index contributed by atoms with van der Waals surface area (Å²) in [4.78, 5) is 11.3. The van der Waals surface area contributed by atoms with Crippen LogP contribution < -0.4 is 10.2 Å². The number of hydrogen-bond donors (Lipinski definition) is 1. The van der Waals surface area contributed by atoms with Crippen molar-refractivity contribution in [3.8, 4) is 11.4 Å². The van der Waals surface area contributed by atoms with Gasteiger partial charge in [-0.3, -0.25) is 0 Å². The number of hydrogen-bond acceptors (Lipinski definition) is 6. The van der Waals surface area contributed by atoms with Gasteiger partial charge in [0.25, 0.3) is 0 Å². The van der Waals surface area contributed by atoms with Crippen LogP contribution in [-0.2, 0) is 6.54 Å². The minimum absolute atomic E-state index is 0.455. The van der Waals surface area contributed by atoms with Crippen LogP contribution in [0, 0.1) is 0 Å². The Balaban J connectivity index is 1.32. The zero-order valence-corrected chi connectivity index (χ0v) is 14.6. The molecule has 6 nitrogen and oxygen atoms in total. The molecule has 1 atom stereocenters. The largest absolute Gasteiger partial charge is 0.351 e. The molecule has 1 aromatic carbocycles. The molecule has 1 fully saturated rings. The average Bonchev–Trinajstić information content (AvgIpc) is 3.18. The highest BCUT2D eigenvalue weighted by molar-refractivity contribution is 5.53. The van der Waals surface area contributed by atoms with E-state index in [1.54, 1.807) is 6.20 Å². The standard InChI is InChI=1S/C20H22N6/c1-2-6-17(7-3-1)20-22-13-16(14-23-20)12-21-15-18-8-5-11-26(18)19-9-4-10-24-25-19/h1-4,6-7,9-10,13-14,18,21H,5,8,11-12,15H2. The minimum Gasteiger partial charge on any atom is -0.351 e. The fourth-order valence-electron chi connectivity index (χ4n) is 3.36. The molecule has 0 amide bonds. The van der Waals surface area contributed by atoms with Crippen molar-refractivity contribution in [3.05, 3.63) is 66.6 Å². The molecule has 2 aromatic heterocycles. The van der Waals surface area contributed by atoms with Crippen molar-refractivity contribution >= 4 is 5.82 Å². The van der Waals surface area contributed by atoms with E-state index in [2.05, 4.69) is 30.4 Å². The van der Waals surface area contributed by atoms with Gasteiger partial charge in [-0.2, -0.15) is 5.10 Å². The van der Waals surface area contributed by atoms with E-state index in [1.165, 1.54) is 12.8 Å². The third kappa shape index (κ3) is 3.86. The van der Waals surface area contributed by atoms with Crippen LogP contribution in [0.15, 0.2) is 61.1 Å². The lowest BCUT2D eigenvalue weighted by molar-refractivity contribution is 0.568. The lowest BCUT2D eigenvalue weighted by Gasteiger charge is -2.25. The normalized spacial score (nSPS) is 16.8. The van der Waals surface area contributed by atoms with Gasteiger partial charge >= 0.3 is 0 Å². The second kappa shape index (κ2) is 8.01. The molecule has 132 valence electrons. The van der Waals surface area contributed by atoms with Crippen molar-refractivity contribution in [2.75, 3.05) is 18.0 Å². The van der Waals surface area contributed by atoms with Gasteiger partial charge in [0.15, 0.2) is 11.6 Å². The molecule has 1 aliphatic rings. The maximum absolute atomic E-state index is 4.48. The third-order valence-electron chi connectivity index (χ3n) is 4.68. The van der Waals surface area contributed by atoms with Gasteiger partial charge in [0.2, 0.25) is 0 Å². The molecule has 0 spiro atoms. The molecule has 1 aliphatic heterocycles. The SMILES string of the molecule is c1ccc(-c2ncc(CNCC3CCCN3c3cccnn3)cn2)cc1. The fraction of sp³-hybridized carbons (Fsp3) is 0.300. The molecule has 3 heterocycles. The van der Waals surface area contributed by atoms with Crippen LogP contribution in [0.5, 0.6) is 0 Å². The van der Waals surface area contributed by atoms with Crippen molar-refractivity contribution < 1.29 is 0 Å². The van der Waals surface area contributed by atoms with Gasteiger partial charge in [-0.25, -0.2) is 9.97 Å². The molecule has 1 N–H and O–H groups in total. The topological polar surface area (TPSA) is 66.8 Å². The number of nitrogens with zero attached hydrogens (tertiary/aromatic N) is 5. The first-order valence-electron chi connectivity index (χ1n) is 9.01. The maximum atomic E-state index is 4.48. The van der Waals surface area contributed by atoms with E-state index in [4.69, 9.17) is 0 Å². The van der Waals surface area contributed by atoms with Crippen LogP contribution >= 0.6 is 0 Å². The van der Waals surface area contributed by atoms with Crippen LogP contribution in [0.1, 0.15) is 18.4 Å². The smallest absolute Gasteiger partial charge is 0.159 e. The Labute approximate surface area is 153 Å². The molecular formula is C20H22N6. The summed E-state index contributed by atoms with van der Waals surface area (Å²) in [5.41, 5.74) is 2.13. The van der Waals surface area contributed by atoms with E-state index in [9.17, 15) is 0 Å². The molecule has 26 heavy (non-hydrogen) atoms. The predicted octanol–water partition coefficient (Wildman–Crippen LogP) is 2.69. The van der Waals surface area contributed by atoms with E-state index in [0.29, 0.717) is 6.04 Å². The Morgan fingerprint density at radius 3 is 2.65 bits per heavy atom. The maximum Gasteiger partial charge on any atom is 0.159 e. The molecule has 0 bridgehead atoms. The number of nitrogens with one attached hydrogen (secondary N) is 1. The monoisotopic (exact) mass is 346 g/mol. The van der Waals surface area contributed by atoms with E-state index in [1.807, 2.05) is 54.9 Å². The number of rotatable bonds is 6. The highest BCUT2D eigenvalue weighted by Gasteiger charge is 2.25. The van der Waals surface area contributed by atoms with Crippen LogP contribution in [0.2, 0.25) is 0 Å². The average molecular weight is 346 g/mol. The summed E-state index contributed by atoms with van der Waals surface area (Å²) < 4.78 is 0. The highest BCUT2D eigenvalue weighted by Crippen LogP contribution is 2.22. The molecule has 4 rings (SSSR count). The van der Waals surface area contributed by atoms with Crippen molar-refractivity contribution in [1.82, 2.24) is 25.5 Å². The summed E-state index contributed by atoms with van der Waals surface area (Å²) in [5.74, 6) is 1.73. The molecule has 0 aliphatic carbocycles. The quantitative estimate of drug-likeness (QED) is 0.740. The van der Waals surface area contributed by atoms with Crippen molar-refractivity contribution in [3.63, 3.8) is 0 Å². The Hall–Kier alpha value is -2.86. The van der Waals surface area contributed by atoms with Crippen molar-refractivity contribution in [2.24, 2.45) is 0 Å². The van der Waals surface area contributed by atoms with Gasteiger partial charge in [-0.15, -0.1) is 5.10 Å². The molecule has 1 unspecified atom stereocenters. The first-order valence-corrected chi connectivity index (χ1v) is 9.01. The van der Waals surface area contributed by atoms with Crippen LogP contribution in [-0.4, -0.2) is 39.3 Å². The number of benzene rings is 1. The predicted molar refractivity (Wildman–Crippen MR) is 102 cm³/mol. The summed E-state index contributed by atoms with van der Waals surface area (Å²) in [6.07, 6.45) is 7.88. The first-order chi connectivity index (χ1) is 12.9. The summed E-state index contributed by atoms with van der Waals surface area (Å²) in [6.45, 7) is 2.72. The number of anilines is 1. The van der Waals surface area contributed by atoms with E-state index >= 15 is 0 Å². The Morgan fingerprint density at radius 2 is 1.88 bits per heavy atom. The lowest BCUT2D eigenvalue weighted by atomic mass is 10.2. The highest BCUT2D eigenvalue weighted by atomic mass is 15.3. The molecule has 3 aromatic rings. The third-order valence-corrected chi connectivity index (χ3v) is 4.68. The first kappa shape index (κ1) is 16.6. The van der Waals surface area contributed by atoms with Crippen molar-refractivity contribution in [2.45, 2.75) is 25.4 Å². The van der Waals surface area contributed by atoms with Gasteiger partial charge in [0.1, 0.15) is 0 Å². The van der Waals surface area contributed by atoms with Gasteiger partial charge < -0.3 is 10.2 Å². The molecule has 6 heteroatoms. The Kier molecular flexibility index (Phi) is 5.12. The van der Waals surface area contributed by atoms with E-state index < -0.39 is 0 Å². The summed E-state index contributed by atoms with van der Waals surface area (Å²) in [6, 6.07) is 14.5. The lowest BCUT2D eigenvalue weighted by Crippen LogP contribution is -2.38. The van der Waals surface area contributed by atoms with Crippen LogP contribution in [0.4, 0.5) is 5.82 Å². The summed E-state index contributed by atoms with van der Waals surface area (Å²) >= 11 is 0. The second-order valence-electron chi connectivity index (χ2n) is 6.48. The zero-order valence-electron chi connectivity index (χ0n) is 14.6. The summed E-state index contributed by atoms with van der Waals surface area (Å²) in [7, 11) is 0. The van der Waals surface area contributed by atoms with E-state index in [0.717, 1.165) is 42.4 Å². The Morgan fingerprint density at radius 1 is 1.04 bits per heavy atom. The van der Waals surface area contributed by atoms with Gasteiger partial charge in [0, 0.05) is 55.4 Å². The molecule has 0 saturated carbocycles. The summed E-state index contributed by atoms with van der Waals surface area (Å²) in [5, 5.41) is 11.8. The molecular weight excluding hydrogens is 324 g/mol. The van der Waals surface area contributed by atoms with Crippen LogP contribution in [0.3, 0.4) is 0 Å². The minimum atomic E-state index is 0.455. The fourth-order valence-corrected chi connectivity index (χ4v) is 3.36. The number of aromatic nitrogens is 4. The van der Waals surface area contributed by atoms with Gasteiger partial charge in [0.05, 0.1) is 0 Å². The van der Waals surface area contributed by atoms with Crippen LogP contribution in [0.25, 0.3) is 11.4 Å². The van der Waals surface area contributed by atoms with Gasteiger partial charge in [-0.05, 0) is 25.0 Å². The van der Waals surface area contributed by atoms with Crippen molar-refractivity contribution in [1.29, 1.82) is 0 Å². The molecule has 1 saturated heterocycles. The molecule has 0 radical (unpaired) electrons. The Bertz CT molecular complexity index is 807. The van der Waals surface area contributed by atoms with E-state index in [-0.39, 0.29) is 0 Å². The zero-order chi connectivity index (χ0) is 17.6. The second-order valence-corrected chi connectivity index (χ2v) is 6.48. The van der Waals surface area contributed by atoms with Gasteiger partial charge in [-0.1, -0.05) is 30.3 Å².